The van der Waals surface area contributed by atoms with E-state index in [0.29, 0.717) is 11.8 Å². The predicted octanol–water partition coefficient (Wildman–Crippen LogP) is 4.21. The number of anilines is 2. The summed E-state index contributed by atoms with van der Waals surface area (Å²) in [6.45, 7) is 14.1. The summed E-state index contributed by atoms with van der Waals surface area (Å²) in [4.78, 5) is 2.49. The van der Waals surface area contributed by atoms with E-state index in [1.165, 1.54) is 18.2 Å². The molecule has 5 heteroatoms. The second-order valence-corrected chi connectivity index (χ2v) is 14.3. The van der Waals surface area contributed by atoms with Crippen molar-refractivity contribution in [3.05, 3.63) is 24.3 Å². The average molecular weight is 356 g/mol. The third kappa shape index (κ3) is 5.70. The van der Waals surface area contributed by atoms with Crippen molar-refractivity contribution in [3.8, 4) is 0 Å². The lowest BCUT2D eigenvalue weighted by Crippen LogP contribution is -2.48. The van der Waals surface area contributed by atoms with Crippen LogP contribution in [0.5, 0.6) is 0 Å². The average Bonchev–Trinajstić information content (AvgIpc) is 2.84. The maximum absolute atomic E-state index is 6.56. The molecule has 23 heavy (non-hydrogen) atoms. The zero-order valence-electron chi connectivity index (χ0n) is 15.3. The van der Waals surface area contributed by atoms with Gasteiger partial charge in [0, 0.05) is 38.1 Å². The lowest BCUT2D eigenvalue weighted by atomic mass is 9.79. The Hall–Kier alpha value is -0.713. The van der Waals surface area contributed by atoms with Crippen LogP contribution in [-0.2, 0) is 0 Å². The Labute approximate surface area is 149 Å². The van der Waals surface area contributed by atoms with Gasteiger partial charge in [0.15, 0.2) is 0 Å². The van der Waals surface area contributed by atoms with Gasteiger partial charge in [-0.25, -0.2) is 0 Å². The Balaban J connectivity index is 0.00000264. The first-order valence-corrected chi connectivity index (χ1v) is 12.2. The van der Waals surface area contributed by atoms with Crippen LogP contribution in [0.4, 0.5) is 11.4 Å². The fraction of sp³-hybridized carbons (Fsp3) is 0.667. The Morgan fingerprint density at radius 3 is 2.26 bits per heavy atom. The van der Waals surface area contributed by atoms with Crippen molar-refractivity contribution in [2.24, 2.45) is 17.6 Å². The lowest BCUT2D eigenvalue weighted by molar-refractivity contribution is 0.251. The second kappa shape index (κ2) is 7.45. The fourth-order valence-electron chi connectivity index (χ4n) is 3.73. The molecule has 1 aliphatic rings. The minimum absolute atomic E-state index is 0. The number of benzene rings is 1. The van der Waals surface area contributed by atoms with E-state index in [4.69, 9.17) is 11.5 Å². The van der Waals surface area contributed by atoms with Crippen LogP contribution in [-0.4, -0.2) is 26.7 Å². The van der Waals surface area contributed by atoms with E-state index >= 15 is 0 Å². The molecule has 0 saturated carbocycles. The molecule has 0 radical (unpaired) electrons. The molecule has 0 amide bonds. The van der Waals surface area contributed by atoms with Crippen LogP contribution in [0.15, 0.2) is 24.3 Å². The lowest BCUT2D eigenvalue weighted by Gasteiger charge is -2.39. The molecule has 1 fully saturated rings. The summed E-state index contributed by atoms with van der Waals surface area (Å²) >= 11 is 0. The summed E-state index contributed by atoms with van der Waals surface area (Å²) in [6, 6.07) is 9.58. The van der Waals surface area contributed by atoms with Gasteiger partial charge in [0.1, 0.15) is 0 Å². The van der Waals surface area contributed by atoms with E-state index in [9.17, 15) is 0 Å². The molecule has 132 valence electrons. The Kier molecular flexibility index (Phi) is 6.59. The molecular formula is C18H34ClN3Si. The van der Waals surface area contributed by atoms with Crippen molar-refractivity contribution >= 4 is 31.9 Å². The molecule has 1 aromatic carbocycles. The van der Waals surface area contributed by atoms with Crippen LogP contribution >= 0.6 is 12.4 Å². The maximum atomic E-state index is 6.56. The van der Waals surface area contributed by atoms with Crippen LogP contribution in [0.3, 0.4) is 0 Å². The van der Waals surface area contributed by atoms with Gasteiger partial charge in [-0.1, -0.05) is 25.7 Å². The number of rotatable bonds is 5. The first-order valence-electron chi connectivity index (χ1n) is 8.46. The quantitative estimate of drug-likeness (QED) is 0.614. The van der Waals surface area contributed by atoms with E-state index in [1.807, 2.05) is 12.1 Å². The molecule has 2 rings (SSSR count). The van der Waals surface area contributed by atoms with Crippen LogP contribution in [0.1, 0.15) is 20.3 Å². The number of hydrogen-bond acceptors (Lipinski definition) is 3. The van der Waals surface area contributed by atoms with E-state index in [-0.39, 0.29) is 17.9 Å². The van der Waals surface area contributed by atoms with E-state index in [0.717, 1.165) is 18.8 Å². The Bertz CT molecular complexity index is 490. The van der Waals surface area contributed by atoms with Gasteiger partial charge < -0.3 is 16.4 Å². The number of nitrogen functional groups attached to an aromatic ring is 1. The molecule has 4 N–H and O–H groups in total. The van der Waals surface area contributed by atoms with Crippen LogP contribution in [0.2, 0.25) is 25.7 Å². The van der Waals surface area contributed by atoms with Gasteiger partial charge in [-0.15, -0.1) is 12.4 Å². The van der Waals surface area contributed by atoms with Gasteiger partial charge in [0.05, 0.1) is 0 Å². The zero-order chi connectivity index (χ0) is 16.5. The minimum Gasteiger partial charge on any atom is -0.399 e. The molecule has 2 unspecified atom stereocenters. The first kappa shape index (κ1) is 20.3. The van der Waals surface area contributed by atoms with E-state index in [2.05, 4.69) is 50.5 Å². The number of nitrogens with two attached hydrogens (primary N) is 2. The number of halogens is 1. The predicted molar refractivity (Wildman–Crippen MR) is 108 cm³/mol. The summed E-state index contributed by atoms with van der Waals surface area (Å²) in [5.41, 5.74) is 14.4. The topological polar surface area (TPSA) is 55.3 Å². The summed E-state index contributed by atoms with van der Waals surface area (Å²) in [5, 5.41) is 0. The Morgan fingerprint density at radius 2 is 1.78 bits per heavy atom. The largest absolute Gasteiger partial charge is 0.399 e. The molecule has 1 saturated heterocycles. The third-order valence-electron chi connectivity index (χ3n) is 4.84. The molecule has 0 spiro atoms. The van der Waals surface area contributed by atoms with Gasteiger partial charge in [-0.2, -0.15) is 0 Å². The molecule has 0 aromatic heterocycles. The second-order valence-electron chi connectivity index (χ2n) is 8.78. The number of hydrogen-bond donors (Lipinski definition) is 2. The minimum atomic E-state index is -1.12. The van der Waals surface area contributed by atoms with Crippen molar-refractivity contribution in [1.29, 1.82) is 0 Å². The van der Waals surface area contributed by atoms with Gasteiger partial charge in [0.2, 0.25) is 0 Å². The van der Waals surface area contributed by atoms with Crippen molar-refractivity contribution in [2.45, 2.75) is 51.5 Å². The maximum Gasteiger partial charge on any atom is 0.0446 e. The molecule has 3 nitrogen and oxygen atoms in total. The fourth-order valence-corrected chi connectivity index (χ4v) is 5.91. The van der Waals surface area contributed by atoms with Gasteiger partial charge in [-0.3, -0.25) is 0 Å². The summed E-state index contributed by atoms with van der Waals surface area (Å²) in [5.74, 6) is 1.31. The normalized spacial score (nSPS) is 20.3. The van der Waals surface area contributed by atoms with Crippen LogP contribution < -0.4 is 16.4 Å². The van der Waals surface area contributed by atoms with Gasteiger partial charge in [0.25, 0.3) is 0 Å². The summed E-state index contributed by atoms with van der Waals surface area (Å²) in [7, 11) is -1.12. The highest BCUT2D eigenvalue weighted by molar-refractivity contribution is 6.76. The summed E-state index contributed by atoms with van der Waals surface area (Å²) in [6.07, 6.45) is 1.25. The highest BCUT2D eigenvalue weighted by Gasteiger charge is 2.39. The zero-order valence-corrected chi connectivity index (χ0v) is 17.1. The van der Waals surface area contributed by atoms with Crippen molar-refractivity contribution in [1.82, 2.24) is 0 Å². The molecule has 2 atom stereocenters. The van der Waals surface area contributed by atoms with Crippen molar-refractivity contribution in [3.63, 3.8) is 0 Å². The first-order chi connectivity index (χ1) is 10.1. The SMILES string of the molecule is CC(C)(N)C(C[Si](C)(C)C)C1CCN(c2ccc(N)cc2)C1.Cl. The molecule has 1 aliphatic heterocycles. The molecular weight excluding hydrogens is 322 g/mol. The molecule has 0 bridgehead atoms. The third-order valence-corrected chi connectivity index (χ3v) is 6.50. The van der Waals surface area contributed by atoms with Crippen molar-refractivity contribution < 1.29 is 0 Å². The van der Waals surface area contributed by atoms with E-state index in [1.54, 1.807) is 0 Å². The molecule has 1 heterocycles. The van der Waals surface area contributed by atoms with E-state index < -0.39 is 8.07 Å². The smallest absolute Gasteiger partial charge is 0.0446 e. The number of nitrogens with zero attached hydrogens (tertiary/aromatic N) is 1. The standard InChI is InChI=1S/C18H33N3Si.ClH/c1-18(2,20)17(13-22(3,4)5)14-10-11-21(12-14)16-8-6-15(19)7-9-16;/h6-9,14,17H,10-13,19-20H2,1-5H3;1H. The van der Waals surface area contributed by atoms with Gasteiger partial charge in [-0.05, 0) is 56.4 Å². The van der Waals surface area contributed by atoms with Gasteiger partial charge >= 0.3 is 0 Å². The van der Waals surface area contributed by atoms with Crippen molar-refractivity contribution in [2.75, 3.05) is 23.7 Å². The monoisotopic (exact) mass is 355 g/mol. The highest BCUT2D eigenvalue weighted by Crippen LogP contribution is 2.38. The van der Waals surface area contributed by atoms with Crippen LogP contribution in [0, 0.1) is 11.8 Å². The molecule has 1 aromatic rings. The molecule has 0 aliphatic carbocycles. The Morgan fingerprint density at radius 1 is 1.22 bits per heavy atom. The van der Waals surface area contributed by atoms with Crippen LogP contribution in [0.25, 0.3) is 0 Å². The highest BCUT2D eigenvalue weighted by atomic mass is 35.5. The summed E-state index contributed by atoms with van der Waals surface area (Å²) < 4.78 is 0.